The summed E-state index contributed by atoms with van der Waals surface area (Å²) in [6.45, 7) is 8.31. The second-order valence-electron chi connectivity index (χ2n) is 10.1. The molecule has 12 heteroatoms. The van der Waals surface area contributed by atoms with E-state index in [4.69, 9.17) is 9.47 Å². The molecule has 0 bridgehead atoms. The van der Waals surface area contributed by atoms with Crippen LogP contribution in [0.4, 0.5) is 10.7 Å². The first-order valence-corrected chi connectivity index (χ1v) is 14.3. The van der Waals surface area contributed by atoms with Gasteiger partial charge in [-0.25, -0.2) is 24.7 Å². The molecule has 0 spiro atoms. The average Bonchev–Trinajstić information content (AvgIpc) is 3.63. The van der Waals surface area contributed by atoms with E-state index in [2.05, 4.69) is 72.4 Å². The van der Waals surface area contributed by atoms with Gasteiger partial charge in [0, 0.05) is 30.0 Å². The van der Waals surface area contributed by atoms with Crippen molar-refractivity contribution in [3.63, 3.8) is 0 Å². The highest BCUT2D eigenvalue weighted by molar-refractivity contribution is 8.59. The van der Waals surface area contributed by atoms with Gasteiger partial charge in [-0.05, 0) is 76.8 Å². The fourth-order valence-corrected chi connectivity index (χ4v) is 4.10. The first kappa shape index (κ1) is 29.3. The Morgan fingerprint density at radius 1 is 1.15 bits per heavy atom. The third kappa shape index (κ3) is 7.50. The number of fused-ring (bicyclic) bond motifs is 1. The van der Waals surface area contributed by atoms with Crippen LogP contribution in [-0.2, 0) is 9.47 Å². The van der Waals surface area contributed by atoms with Gasteiger partial charge in [0.25, 0.3) is 0 Å². The van der Waals surface area contributed by atoms with Crippen LogP contribution in [0.1, 0.15) is 51.8 Å². The zero-order chi connectivity index (χ0) is 28.7. The highest BCUT2D eigenvalue weighted by Gasteiger charge is 2.23. The molecule has 4 heterocycles. The summed E-state index contributed by atoms with van der Waals surface area (Å²) in [5.74, 6) is 7.17. The summed E-state index contributed by atoms with van der Waals surface area (Å²) in [5.41, 5.74) is 1.96. The smallest absolute Gasteiger partial charge is 0.435 e. The average molecular weight is 578 g/mol. The van der Waals surface area contributed by atoms with Crippen molar-refractivity contribution in [3.05, 3.63) is 60.2 Å². The molecule has 4 aromatic rings. The molecule has 5 rings (SSSR count). The van der Waals surface area contributed by atoms with Crippen molar-refractivity contribution in [1.82, 2.24) is 29.7 Å². The topological polar surface area (TPSA) is 117 Å². The number of carbonyl (C=O) groups excluding carboxylic acids is 1. The van der Waals surface area contributed by atoms with Crippen molar-refractivity contribution in [3.8, 4) is 23.4 Å². The van der Waals surface area contributed by atoms with E-state index in [1.807, 2.05) is 32.9 Å². The van der Waals surface area contributed by atoms with E-state index in [9.17, 15) is 4.79 Å². The minimum Gasteiger partial charge on any atom is -0.442 e. The second-order valence-corrected chi connectivity index (χ2v) is 10.1. The molecule has 1 fully saturated rings. The van der Waals surface area contributed by atoms with Crippen LogP contribution in [0.15, 0.2) is 48.9 Å². The zero-order valence-electron chi connectivity index (χ0n) is 22.7. The Morgan fingerprint density at radius 2 is 1.95 bits per heavy atom. The summed E-state index contributed by atoms with van der Waals surface area (Å²) < 4.78 is 12.4. The van der Waals surface area contributed by atoms with Crippen LogP contribution in [0.25, 0.3) is 22.4 Å². The molecule has 1 aliphatic rings. The van der Waals surface area contributed by atoms with Crippen LogP contribution in [0, 0.1) is 11.8 Å². The molecule has 1 aromatic carbocycles. The fraction of sp³-hybridized carbons (Fsp3) is 0.357. The van der Waals surface area contributed by atoms with Crippen molar-refractivity contribution >= 4 is 46.3 Å². The zero-order valence-corrected chi connectivity index (χ0v) is 24.5. The van der Waals surface area contributed by atoms with E-state index in [1.54, 1.807) is 36.8 Å². The van der Waals surface area contributed by atoms with E-state index in [0.717, 1.165) is 30.4 Å². The lowest BCUT2D eigenvalue weighted by Gasteiger charge is -2.19. The Labute approximate surface area is 243 Å². The molecule has 0 aliphatic carbocycles. The monoisotopic (exact) mass is 577 g/mol. The molecule has 0 saturated carbocycles. The molecule has 2 atom stereocenters. The molecule has 3 aromatic heterocycles. The second kappa shape index (κ2) is 13.1. The van der Waals surface area contributed by atoms with Gasteiger partial charge in [-0.2, -0.15) is 9.78 Å². The summed E-state index contributed by atoms with van der Waals surface area (Å²) in [4.78, 5) is 30.3. The first-order valence-electron chi connectivity index (χ1n) is 12.7. The lowest BCUT2D eigenvalue weighted by atomic mass is 10.1. The molecule has 0 amide bonds. The number of benzene rings is 1. The number of hydrogen-bond donors (Lipinski definition) is 3. The Hall–Kier alpha value is -3.66. The normalized spacial score (nSPS) is 15.4. The van der Waals surface area contributed by atoms with Crippen molar-refractivity contribution in [1.29, 1.82) is 0 Å². The third-order valence-electron chi connectivity index (χ3n) is 5.89. The third-order valence-corrected chi connectivity index (χ3v) is 5.89. The molecule has 1 N–H and O–H groups in total. The molecule has 0 radical (unpaired) electrons. The maximum absolute atomic E-state index is 12.4. The van der Waals surface area contributed by atoms with Gasteiger partial charge in [0.15, 0.2) is 5.82 Å². The highest BCUT2D eigenvalue weighted by Crippen LogP contribution is 2.20. The predicted octanol–water partition coefficient (Wildman–Crippen LogP) is 5.21. The number of aromatic nitrogens is 6. The Balaban J connectivity index is 0.00000181. The van der Waals surface area contributed by atoms with Gasteiger partial charge in [-0.3, -0.25) is 0 Å². The minimum atomic E-state index is -0.607. The van der Waals surface area contributed by atoms with Crippen LogP contribution in [-0.4, -0.2) is 60.2 Å². The van der Waals surface area contributed by atoms with Gasteiger partial charge < -0.3 is 14.8 Å². The van der Waals surface area contributed by atoms with Crippen LogP contribution < -0.4 is 5.32 Å². The number of nitrogens with zero attached hydrogens (tertiary/aromatic N) is 6. The Morgan fingerprint density at radius 3 is 2.70 bits per heavy atom. The van der Waals surface area contributed by atoms with E-state index in [1.165, 1.54) is 4.68 Å². The van der Waals surface area contributed by atoms with Gasteiger partial charge in [-0.15, -0.1) is 23.3 Å². The number of nitrogens with one attached hydrogen (secondary N) is 1. The van der Waals surface area contributed by atoms with E-state index < -0.39 is 11.7 Å². The summed E-state index contributed by atoms with van der Waals surface area (Å²) in [7, 11) is 0. The van der Waals surface area contributed by atoms with Crippen LogP contribution in [0.2, 0.25) is 0 Å². The van der Waals surface area contributed by atoms with Crippen LogP contribution in [0.3, 0.4) is 0 Å². The molecular formula is C28H31N7O3S2. The molecule has 10 nitrogen and oxygen atoms in total. The number of hydrogen-bond acceptors (Lipinski definition) is 11. The van der Waals surface area contributed by atoms with Gasteiger partial charge in [0.1, 0.15) is 17.0 Å². The van der Waals surface area contributed by atoms with E-state index in [0.29, 0.717) is 28.7 Å². The Bertz CT molecular complexity index is 1540. The van der Waals surface area contributed by atoms with Crippen molar-refractivity contribution in [2.75, 3.05) is 11.9 Å². The minimum absolute atomic E-state index is 0.0967. The molecule has 1 aliphatic heterocycles. The lowest BCUT2D eigenvalue weighted by Crippen LogP contribution is -2.30. The maximum Gasteiger partial charge on any atom is 0.435 e. The summed E-state index contributed by atoms with van der Waals surface area (Å²) in [6.07, 6.45) is 6.69. The quantitative estimate of drug-likeness (QED) is 0.171. The summed E-state index contributed by atoms with van der Waals surface area (Å²) >= 11 is 6.44. The van der Waals surface area contributed by atoms with Crippen molar-refractivity contribution in [2.24, 2.45) is 0 Å². The predicted molar refractivity (Wildman–Crippen MR) is 160 cm³/mol. The van der Waals surface area contributed by atoms with Gasteiger partial charge in [0.2, 0.25) is 5.95 Å². The maximum atomic E-state index is 12.4. The number of rotatable bonds is 4. The first-order chi connectivity index (χ1) is 19.2. The van der Waals surface area contributed by atoms with Gasteiger partial charge >= 0.3 is 6.09 Å². The largest absolute Gasteiger partial charge is 0.442 e. The van der Waals surface area contributed by atoms with E-state index in [-0.39, 0.29) is 12.1 Å². The standard InChI is InChI=1S/C28H29N7O3.H2S2/c1-18(24-6-5-15-37-24)32-26-30-14-12-22(34-26)25-29-13-11-21(33-25)9-7-19-8-10-23-20(16-19)17-31-35(23)27(36)38-28(2,3)4;1-2/h8,10-14,16-18,24H,5-6,15H2,1-4H3,(H,30,32,34);1-2H. The van der Waals surface area contributed by atoms with E-state index >= 15 is 0 Å². The number of anilines is 1. The fourth-order valence-electron chi connectivity index (χ4n) is 4.10. The number of thiol groups is 2. The molecule has 1 saturated heterocycles. The molecule has 2 unspecified atom stereocenters. The van der Waals surface area contributed by atoms with Gasteiger partial charge in [0.05, 0.1) is 23.9 Å². The van der Waals surface area contributed by atoms with Crippen molar-refractivity contribution < 1.29 is 14.3 Å². The Kier molecular flexibility index (Phi) is 9.63. The molecular weight excluding hydrogens is 546 g/mol. The van der Waals surface area contributed by atoms with Crippen molar-refractivity contribution in [2.45, 2.75) is 58.3 Å². The van der Waals surface area contributed by atoms with Crippen LogP contribution in [0.5, 0.6) is 0 Å². The summed E-state index contributed by atoms with van der Waals surface area (Å²) in [6, 6.07) is 9.11. The lowest BCUT2D eigenvalue weighted by molar-refractivity contribution is 0.0522. The highest BCUT2D eigenvalue weighted by atomic mass is 33.1. The number of ether oxygens (including phenoxy) is 2. The van der Waals surface area contributed by atoms with Gasteiger partial charge in [-0.1, -0.05) is 5.92 Å². The summed E-state index contributed by atoms with van der Waals surface area (Å²) in [5, 5.41) is 8.28. The van der Waals surface area contributed by atoms with Crippen LogP contribution >= 0.6 is 23.3 Å². The SMILES string of the molecule is CC(Nc1nccc(-c2nccc(C#Cc3ccc4c(cnn4C(=O)OC(C)(C)C)c3)n2)n1)C1CCCO1.SS. The number of carbonyl (C=O) groups is 1. The molecule has 208 valence electrons. The molecule has 40 heavy (non-hydrogen) atoms.